The summed E-state index contributed by atoms with van der Waals surface area (Å²) in [4.78, 5) is 37.0. The fraction of sp³-hybridized carbons (Fsp3) is 0.375. The number of ether oxygens (including phenoxy) is 2. The monoisotopic (exact) mass is 456 g/mol. The lowest BCUT2D eigenvalue weighted by molar-refractivity contribution is -0.150. The quantitative estimate of drug-likeness (QED) is 0.505. The summed E-state index contributed by atoms with van der Waals surface area (Å²) in [5.41, 5.74) is 3.26. The van der Waals surface area contributed by atoms with Crippen LogP contribution < -0.4 is 15.4 Å². The molecule has 3 rings (SSSR count). The number of amides is 2. The van der Waals surface area contributed by atoms with Gasteiger partial charge in [0.1, 0.15) is 11.8 Å². The molecule has 2 amide bonds. The number of fused-ring (bicyclic) bond motifs is 1. The van der Waals surface area contributed by atoms with Crippen molar-refractivity contribution in [2.75, 3.05) is 30.5 Å². The van der Waals surface area contributed by atoms with Crippen LogP contribution in [0.1, 0.15) is 24.0 Å². The third-order valence-electron chi connectivity index (χ3n) is 5.07. The first-order chi connectivity index (χ1) is 15.5. The highest BCUT2D eigenvalue weighted by Crippen LogP contribution is 2.24. The molecule has 0 saturated heterocycles. The van der Waals surface area contributed by atoms with Crippen LogP contribution >= 0.6 is 11.8 Å². The molecule has 0 saturated carbocycles. The van der Waals surface area contributed by atoms with E-state index in [4.69, 9.17) is 9.47 Å². The van der Waals surface area contributed by atoms with Gasteiger partial charge in [-0.15, -0.1) is 0 Å². The second-order valence-electron chi connectivity index (χ2n) is 7.50. The van der Waals surface area contributed by atoms with Gasteiger partial charge in [-0.2, -0.15) is 11.8 Å². The molecular formula is C24H28N2O5S. The van der Waals surface area contributed by atoms with Crippen LogP contribution in [0.25, 0.3) is 0 Å². The number of rotatable bonds is 11. The fourth-order valence-corrected chi connectivity index (χ4v) is 3.94. The Kier molecular flexibility index (Phi) is 8.98. The van der Waals surface area contributed by atoms with Crippen LogP contribution in [0.3, 0.4) is 0 Å². The van der Waals surface area contributed by atoms with Gasteiger partial charge in [-0.25, -0.2) is 4.79 Å². The molecule has 0 spiro atoms. The van der Waals surface area contributed by atoms with E-state index in [0.29, 0.717) is 23.6 Å². The molecule has 0 radical (unpaired) electrons. The van der Waals surface area contributed by atoms with Crippen LogP contribution in [0.5, 0.6) is 5.75 Å². The molecule has 8 heteroatoms. The third kappa shape index (κ3) is 7.30. The van der Waals surface area contributed by atoms with Gasteiger partial charge in [0, 0.05) is 5.69 Å². The standard InChI is InChI=1S/C24H28N2O5S/c1-32-13-12-21(26-23(28)15-30-20-8-3-2-4-9-20)24(29)31-16-22(27)25-19-11-10-17-6-5-7-18(17)14-19/h2-4,8-11,14,21H,5-7,12-13,15-16H2,1H3,(H,25,27)(H,26,28). The lowest BCUT2D eigenvalue weighted by Gasteiger charge is -2.17. The second kappa shape index (κ2) is 12.1. The summed E-state index contributed by atoms with van der Waals surface area (Å²) < 4.78 is 10.6. The second-order valence-corrected chi connectivity index (χ2v) is 8.48. The van der Waals surface area contributed by atoms with Crippen LogP contribution in [0.15, 0.2) is 48.5 Å². The maximum atomic E-state index is 12.5. The summed E-state index contributed by atoms with van der Waals surface area (Å²) in [6.45, 7) is -0.631. The lowest BCUT2D eigenvalue weighted by Crippen LogP contribution is -2.44. The molecule has 0 fully saturated rings. The number of benzene rings is 2. The van der Waals surface area contributed by atoms with Crippen molar-refractivity contribution >= 4 is 35.2 Å². The molecule has 170 valence electrons. The molecule has 0 aromatic heterocycles. The summed E-state index contributed by atoms with van der Waals surface area (Å²) in [6.07, 6.45) is 5.51. The highest BCUT2D eigenvalue weighted by molar-refractivity contribution is 7.98. The minimum atomic E-state index is -0.845. The number of aryl methyl sites for hydroxylation is 2. The van der Waals surface area contributed by atoms with Gasteiger partial charge in [-0.05, 0) is 73.1 Å². The Bertz CT molecular complexity index is 935. The molecule has 0 heterocycles. The zero-order valence-corrected chi connectivity index (χ0v) is 18.9. The number of hydrogen-bond donors (Lipinski definition) is 2. The summed E-state index contributed by atoms with van der Waals surface area (Å²) in [7, 11) is 0. The van der Waals surface area contributed by atoms with Crippen molar-refractivity contribution in [2.24, 2.45) is 0 Å². The molecule has 1 aliphatic rings. The highest BCUT2D eigenvalue weighted by Gasteiger charge is 2.23. The number of thioether (sulfide) groups is 1. The van der Waals surface area contributed by atoms with Crippen molar-refractivity contribution in [3.8, 4) is 5.75 Å². The Labute approximate surface area is 192 Å². The van der Waals surface area contributed by atoms with Crippen molar-refractivity contribution < 1.29 is 23.9 Å². The molecule has 2 N–H and O–H groups in total. The van der Waals surface area contributed by atoms with Crippen molar-refractivity contribution in [2.45, 2.75) is 31.7 Å². The molecule has 2 aromatic rings. The van der Waals surface area contributed by atoms with Gasteiger partial charge in [-0.3, -0.25) is 9.59 Å². The average Bonchev–Trinajstić information content (AvgIpc) is 3.27. The minimum Gasteiger partial charge on any atom is -0.484 e. The van der Waals surface area contributed by atoms with E-state index in [2.05, 4.69) is 10.6 Å². The van der Waals surface area contributed by atoms with Crippen LogP contribution in [0.2, 0.25) is 0 Å². The molecule has 1 unspecified atom stereocenters. The zero-order valence-electron chi connectivity index (χ0n) is 18.1. The molecule has 32 heavy (non-hydrogen) atoms. The topological polar surface area (TPSA) is 93.7 Å². The maximum Gasteiger partial charge on any atom is 0.329 e. The Morgan fingerprint density at radius 2 is 1.78 bits per heavy atom. The van der Waals surface area contributed by atoms with Gasteiger partial charge in [0.15, 0.2) is 13.2 Å². The number of hydrogen-bond acceptors (Lipinski definition) is 6. The van der Waals surface area contributed by atoms with E-state index in [-0.39, 0.29) is 6.61 Å². The number of esters is 1. The van der Waals surface area contributed by atoms with Crippen molar-refractivity contribution in [3.63, 3.8) is 0 Å². The van der Waals surface area contributed by atoms with Crippen LogP contribution in [-0.4, -0.2) is 49.0 Å². The Hall–Kier alpha value is -3.00. The summed E-state index contributed by atoms with van der Waals surface area (Å²) in [6, 6.07) is 14.0. The number of para-hydroxylation sites is 1. The number of anilines is 1. The molecular weight excluding hydrogens is 428 g/mol. The molecule has 0 aliphatic heterocycles. The van der Waals surface area contributed by atoms with E-state index in [1.165, 1.54) is 11.1 Å². The van der Waals surface area contributed by atoms with Gasteiger partial charge >= 0.3 is 5.97 Å². The first-order valence-corrected chi connectivity index (χ1v) is 12.0. The third-order valence-corrected chi connectivity index (χ3v) is 5.72. The van der Waals surface area contributed by atoms with Crippen LogP contribution in [0.4, 0.5) is 5.69 Å². The first kappa shape index (κ1) is 23.7. The van der Waals surface area contributed by atoms with Gasteiger partial charge in [0.25, 0.3) is 11.8 Å². The SMILES string of the molecule is CSCCC(NC(=O)COc1ccccc1)C(=O)OCC(=O)Nc1ccc2c(c1)CCC2. The van der Waals surface area contributed by atoms with E-state index in [1.54, 1.807) is 36.0 Å². The van der Waals surface area contributed by atoms with E-state index in [1.807, 2.05) is 30.5 Å². The van der Waals surface area contributed by atoms with E-state index >= 15 is 0 Å². The normalized spacial score (nSPS) is 13.0. The number of carbonyl (C=O) groups is 3. The van der Waals surface area contributed by atoms with Crippen LogP contribution in [-0.2, 0) is 32.0 Å². The number of nitrogens with one attached hydrogen (secondary N) is 2. The molecule has 1 aliphatic carbocycles. The fourth-order valence-electron chi connectivity index (χ4n) is 3.47. The van der Waals surface area contributed by atoms with E-state index < -0.39 is 30.4 Å². The van der Waals surface area contributed by atoms with Crippen molar-refractivity contribution in [1.82, 2.24) is 5.32 Å². The Morgan fingerprint density at radius 3 is 2.56 bits per heavy atom. The van der Waals surface area contributed by atoms with Crippen molar-refractivity contribution in [1.29, 1.82) is 0 Å². The largest absolute Gasteiger partial charge is 0.484 e. The first-order valence-electron chi connectivity index (χ1n) is 10.6. The van der Waals surface area contributed by atoms with E-state index in [9.17, 15) is 14.4 Å². The highest BCUT2D eigenvalue weighted by atomic mass is 32.2. The summed E-state index contributed by atoms with van der Waals surface area (Å²) in [5, 5.41) is 5.40. The molecule has 2 aromatic carbocycles. The average molecular weight is 457 g/mol. The predicted octanol–water partition coefficient (Wildman–Crippen LogP) is 2.97. The number of carbonyl (C=O) groups excluding carboxylic acids is 3. The van der Waals surface area contributed by atoms with Crippen molar-refractivity contribution in [3.05, 3.63) is 59.7 Å². The molecule has 7 nitrogen and oxygen atoms in total. The summed E-state index contributed by atoms with van der Waals surface area (Å²) >= 11 is 1.55. The van der Waals surface area contributed by atoms with Gasteiger partial charge < -0.3 is 20.1 Å². The summed E-state index contributed by atoms with van der Waals surface area (Å²) in [5.74, 6) is -0.274. The predicted molar refractivity (Wildman–Crippen MR) is 125 cm³/mol. The minimum absolute atomic E-state index is 0.216. The zero-order chi connectivity index (χ0) is 22.8. The molecule has 0 bridgehead atoms. The maximum absolute atomic E-state index is 12.5. The molecule has 1 atom stereocenters. The smallest absolute Gasteiger partial charge is 0.329 e. The van der Waals surface area contributed by atoms with Gasteiger partial charge in [0.2, 0.25) is 0 Å². The van der Waals surface area contributed by atoms with Crippen LogP contribution in [0, 0.1) is 0 Å². The van der Waals surface area contributed by atoms with Gasteiger partial charge in [0.05, 0.1) is 0 Å². The van der Waals surface area contributed by atoms with Gasteiger partial charge in [-0.1, -0.05) is 24.3 Å². The Morgan fingerprint density at radius 1 is 1.00 bits per heavy atom. The Balaban J connectivity index is 1.46. The lowest BCUT2D eigenvalue weighted by atomic mass is 10.1. The van der Waals surface area contributed by atoms with E-state index in [0.717, 1.165) is 19.3 Å².